The lowest BCUT2D eigenvalue weighted by atomic mass is 9.97. The van der Waals surface area contributed by atoms with E-state index in [0.29, 0.717) is 12.8 Å². The van der Waals surface area contributed by atoms with Crippen LogP contribution in [0.5, 0.6) is 0 Å². The Kier molecular flexibility index (Phi) is 3.81. The Balaban J connectivity index is 1.77. The Labute approximate surface area is 123 Å². The van der Waals surface area contributed by atoms with Crippen molar-refractivity contribution in [1.82, 2.24) is 9.97 Å². The molecule has 1 saturated heterocycles. The van der Waals surface area contributed by atoms with Crippen molar-refractivity contribution < 1.29 is 9.90 Å². The average Bonchev–Trinajstić information content (AvgIpc) is 2.56. The molecule has 0 bridgehead atoms. The van der Waals surface area contributed by atoms with Crippen molar-refractivity contribution in [2.45, 2.75) is 12.8 Å². The fourth-order valence-electron chi connectivity index (χ4n) is 2.66. The minimum atomic E-state index is -0.682. The molecule has 0 saturated carbocycles. The second kappa shape index (κ2) is 5.91. The van der Waals surface area contributed by atoms with Gasteiger partial charge in [-0.3, -0.25) is 14.8 Å². The summed E-state index contributed by atoms with van der Waals surface area (Å²) in [5.74, 6) is -0.892. The quantitative estimate of drug-likeness (QED) is 0.937. The fraction of sp³-hybridized carbons (Fsp3) is 0.312. The van der Waals surface area contributed by atoms with Gasteiger partial charge in [-0.1, -0.05) is 6.07 Å². The number of anilines is 1. The summed E-state index contributed by atoms with van der Waals surface area (Å²) in [6.07, 6.45) is 4.91. The zero-order valence-electron chi connectivity index (χ0n) is 11.6. The van der Waals surface area contributed by atoms with Gasteiger partial charge in [0.15, 0.2) is 0 Å². The van der Waals surface area contributed by atoms with Gasteiger partial charge in [-0.05, 0) is 37.1 Å². The van der Waals surface area contributed by atoms with E-state index in [1.54, 1.807) is 12.4 Å². The highest BCUT2D eigenvalue weighted by Crippen LogP contribution is 2.25. The van der Waals surface area contributed by atoms with Crippen LogP contribution in [-0.4, -0.2) is 34.1 Å². The third-order valence-electron chi connectivity index (χ3n) is 3.88. The van der Waals surface area contributed by atoms with Crippen LogP contribution in [0.4, 0.5) is 5.69 Å². The van der Waals surface area contributed by atoms with Crippen LogP contribution in [0.3, 0.4) is 0 Å². The number of carboxylic acids is 1. The fourth-order valence-corrected chi connectivity index (χ4v) is 2.66. The minimum absolute atomic E-state index is 0.210. The van der Waals surface area contributed by atoms with Gasteiger partial charge >= 0.3 is 5.97 Å². The lowest BCUT2D eigenvalue weighted by molar-refractivity contribution is -0.142. The molecular weight excluding hydrogens is 266 g/mol. The second-order valence-electron chi connectivity index (χ2n) is 5.21. The lowest BCUT2D eigenvalue weighted by Gasteiger charge is -2.32. The molecule has 0 aliphatic carbocycles. The van der Waals surface area contributed by atoms with Gasteiger partial charge in [-0.2, -0.15) is 0 Å². The van der Waals surface area contributed by atoms with Gasteiger partial charge in [0, 0.05) is 31.2 Å². The van der Waals surface area contributed by atoms with E-state index in [0.717, 1.165) is 30.2 Å². The zero-order valence-corrected chi connectivity index (χ0v) is 11.6. The van der Waals surface area contributed by atoms with Gasteiger partial charge in [-0.25, -0.2) is 0 Å². The summed E-state index contributed by atoms with van der Waals surface area (Å²) < 4.78 is 0. The molecule has 1 aliphatic rings. The molecule has 0 atom stereocenters. The Bertz CT molecular complexity index is 622. The summed E-state index contributed by atoms with van der Waals surface area (Å²) in [6.45, 7) is 1.53. The molecule has 0 radical (unpaired) electrons. The summed E-state index contributed by atoms with van der Waals surface area (Å²) in [5.41, 5.74) is 2.77. The number of pyridine rings is 2. The molecule has 21 heavy (non-hydrogen) atoms. The van der Waals surface area contributed by atoms with E-state index < -0.39 is 5.97 Å². The van der Waals surface area contributed by atoms with Crippen molar-refractivity contribution in [3.8, 4) is 11.4 Å². The van der Waals surface area contributed by atoms with Crippen molar-refractivity contribution >= 4 is 11.7 Å². The predicted molar refractivity (Wildman–Crippen MR) is 80.0 cm³/mol. The maximum absolute atomic E-state index is 11.0. The molecule has 0 spiro atoms. The average molecular weight is 283 g/mol. The number of hydrogen-bond acceptors (Lipinski definition) is 4. The van der Waals surface area contributed by atoms with Gasteiger partial charge in [0.2, 0.25) is 0 Å². The van der Waals surface area contributed by atoms with E-state index in [1.165, 1.54) is 0 Å². The maximum Gasteiger partial charge on any atom is 0.306 e. The van der Waals surface area contributed by atoms with Crippen LogP contribution in [0.2, 0.25) is 0 Å². The number of aromatic nitrogens is 2. The van der Waals surface area contributed by atoms with E-state index in [9.17, 15) is 4.79 Å². The molecule has 0 amide bonds. The molecule has 3 rings (SSSR count). The summed E-state index contributed by atoms with van der Waals surface area (Å²) in [5, 5.41) is 9.05. The number of hydrogen-bond donors (Lipinski definition) is 1. The van der Waals surface area contributed by atoms with E-state index >= 15 is 0 Å². The topological polar surface area (TPSA) is 66.3 Å². The summed E-state index contributed by atoms with van der Waals surface area (Å²) in [4.78, 5) is 21.9. The third-order valence-corrected chi connectivity index (χ3v) is 3.88. The standard InChI is InChI=1S/C16H17N3O2/c20-16(21)12-5-9-19(10-6-12)13-4-8-18-15(11-13)14-3-1-2-7-17-14/h1-4,7-8,11-12H,5-6,9-10H2,(H,20,21). The zero-order chi connectivity index (χ0) is 14.7. The third kappa shape index (κ3) is 3.02. The normalized spacial score (nSPS) is 15.9. The van der Waals surface area contributed by atoms with Gasteiger partial charge in [0.25, 0.3) is 0 Å². The Morgan fingerprint density at radius 1 is 1.10 bits per heavy atom. The Morgan fingerprint density at radius 3 is 2.52 bits per heavy atom. The molecule has 5 nitrogen and oxygen atoms in total. The van der Waals surface area contributed by atoms with Crippen LogP contribution in [0.15, 0.2) is 42.7 Å². The van der Waals surface area contributed by atoms with Crippen LogP contribution >= 0.6 is 0 Å². The molecule has 5 heteroatoms. The highest BCUT2D eigenvalue weighted by atomic mass is 16.4. The predicted octanol–water partition coefficient (Wildman–Crippen LogP) is 2.44. The highest BCUT2D eigenvalue weighted by molar-refractivity contribution is 5.70. The van der Waals surface area contributed by atoms with Gasteiger partial charge in [0.1, 0.15) is 0 Å². The first-order chi connectivity index (χ1) is 10.2. The van der Waals surface area contributed by atoms with Crippen molar-refractivity contribution in [1.29, 1.82) is 0 Å². The molecule has 1 N–H and O–H groups in total. The van der Waals surface area contributed by atoms with Crippen molar-refractivity contribution in [3.63, 3.8) is 0 Å². The van der Waals surface area contributed by atoms with Gasteiger partial charge in [0.05, 0.1) is 17.3 Å². The number of rotatable bonds is 3. The first-order valence-corrected chi connectivity index (χ1v) is 7.09. The van der Waals surface area contributed by atoms with Gasteiger partial charge in [-0.15, -0.1) is 0 Å². The van der Waals surface area contributed by atoms with Crippen molar-refractivity contribution in [2.75, 3.05) is 18.0 Å². The van der Waals surface area contributed by atoms with E-state index in [2.05, 4.69) is 14.9 Å². The molecule has 0 unspecified atom stereocenters. The Hall–Kier alpha value is -2.43. The minimum Gasteiger partial charge on any atom is -0.481 e. The summed E-state index contributed by atoms with van der Waals surface area (Å²) in [6, 6.07) is 9.73. The van der Waals surface area contributed by atoms with Crippen LogP contribution in [0.1, 0.15) is 12.8 Å². The van der Waals surface area contributed by atoms with Crippen molar-refractivity contribution in [3.05, 3.63) is 42.7 Å². The molecular formula is C16H17N3O2. The first-order valence-electron chi connectivity index (χ1n) is 7.09. The molecule has 0 aromatic carbocycles. The number of carboxylic acid groups (broad SMARTS) is 1. The van der Waals surface area contributed by atoms with Crippen LogP contribution in [-0.2, 0) is 4.79 Å². The van der Waals surface area contributed by atoms with E-state index in [4.69, 9.17) is 5.11 Å². The number of piperidine rings is 1. The van der Waals surface area contributed by atoms with Crippen LogP contribution in [0, 0.1) is 5.92 Å². The molecule has 3 heterocycles. The molecule has 2 aromatic rings. The largest absolute Gasteiger partial charge is 0.481 e. The molecule has 2 aromatic heterocycles. The van der Waals surface area contributed by atoms with Crippen molar-refractivity contribution in [2.24, 2.45) is 5.92 Å². The Morgan fingerprint density at radius 2 is 1.86 bits per heavy atom. The second-order valence-corrected chi connectivity index (χ2v) is 5.21. The molecule has 108 valence electrons. The maximum atomic E-state index is 11.0. The van der Waals surface area contributed by atoms with E-state index in [-0.39, 0.29) is 5.92 Å². The van der Waals surface area contributed by atoms with Crippen LogP contribution < -0.4 is 4.90 Å². The van der Waals surface area contributed by atoms with Gasteiger partial charge < -0.3 is 10.0 Å². The first kappa shape index (κ1) is 13.5. The number of aliphatic carboxylic acids is 1. The summed E-state index contributed by atoms with van der Waals surface area (Å²) >= 11 is 0. The smallest absolute Gasteiger partial charge is 0.306 e. The number of nitrogens with zero attached hydrogens (tertiary/aromatic N) is 3. The monoisotopic (exact) mass is 283 g/mol. The molecule has 1 aliphatic heterocycles. The SMILES string of the molecule is O=C(O)C1CCN(c2ccnc(-c3ccccn3)c2)CC1. The highest BCUT2D eigenvalue weighted by Gasteiger charge is 2.24. The van der Waals surface area contributed by atoms with Crippen LogP contribution in [0.25, 0.3) is 11.4 Å². The summed E-state index contributed by atoms with van der Waals surface area (Å²) in [7, 11) is 0. The lowest BCUT2D eigenvalue weighted by Crippen LogP contribution is -2.36. The van der Waals surface area contributed by atoms with E-state index in [1.807, 2.05) is 30.3 Å². The molecule has 1 fully saturated rings. The number of carbonyl (C=O) groups is 1.